The molecule has 1 aromatic rings. The topological polar surface area (TPSA) is 79.3 Å². The Morgan fingerprint density at radius 2 is 1.59 bits per heavy atom. The van der Waals surface area contributed by atoms with E-state index in [4.69, 9.17) is 9.47 Å². The van der Waals surface area contributed by atoms with Crippen molar-refractivity contribution in [3.63, 3.8) is 0 Å². The van der Waals surface area contributed by atoms with E-state index in [2.05, 4.69) is 0 Å². The van der Waals surface area contributed by atoms with Gasteiger partial charge in [0.05, 0.1) is 30.7 Å². The number of amides is 1. The molecule has 37 heavy (non-hydrogen) atoms. The van der Waals surface area contributed by atoms with E-state index in [0.717, 1.165) is 12.1 Å². The summed E-state index contributed by atoms with van der Waals surface area (Å²) < 4.78 is 51.8. The number of ether oxygens (including phenoxy) is 2. The minimum absolute atomic E-state index is 0.0902. The molecule has 2 aliphatic rings. The average Bonchev–Trinajstić information content (AvgIpc) is 3.20. The third kappa shape index (κ3) is 7.40. The SMILES string of the molecule is CC(C)(C)OC(=O)C1CCN(c2cc(C(F)(F)F)ccc2C2=C[C@H](CO)N(C(=O)OC(C)(C)C)C2)CC1. The second-order valence-corrected chi connectivity index (χ2v) is 11.6. The number of carbonyl (C=O) groups is 2. The van der Waals surface area contributed by atoms with Gasteiger partial charge in [-0.2, -0.15) is 13.2 Å². The highest BCUT2D eigenvalue weighted by Gasteiger charge is 2.37. The van der Waals surface area contributed by atoms with Crippen molar-refractivity contribution in [1.82, 2.24) is 4.90 Å². The first-order chi connectivity index (χ1) is 17.0. The molecule has 2 aliphatic heterocycles. The molecule has 7 nitrogen and oxygen atoms in total. The van der Waals surface area contributed by atoms with E-state index in [1.807, 2.05) is 4.90 Å². The van der Waals surface area contributed by atoms with E-state index < -0.39 is 35.1 Å². The second-order valence-electron chi connectivity index (χ2n) is 11.6. The van der Waals surface area contributed by atoms with Crippen LogP contribution in [0.4, 0.5) is 23.7 Å². The first-order valence-corrected chi connectivity index (χ1v) is 12.5. The lowest BCUT2D eigenvalue weighted by Crippen LogP contribution is -2.42. The third-order valence-corrected chi connectivity index (χ3v) is 6.20. The lowest BCUT2D eigenvalue weighted by molar-refractivity contribution is -0.160. The van der Waals surface area contributed by atoms with Crippen molar-refractivity contribution in [3.8, 4) is 0 Å². The third-order valence-electron chi connectivity index (χ3n) is 6.20. The minimum atomic E-state index is -4.53. The van der Waals surface area contributed by atoms with Crippen LogP contribution in [0.3, 0.4) is 0 Å². The van der Waals surface area contributed by atoms with Crippen molar-refractivity contribution in [1.29, 1.82) is 0 Å². The summed E-state index contributed by atoms with van der Waals surface area (Å²) in [6.07, 6.45) is -2.53. The van der Waals surface area contributed by atoms with Crippen molar-refractivity contribution >= 4 is 23.3 Å². The molecule has 1 fully saturated rings. The Morgan fingerprint density at radius 1 is 1.00 bits per heavy atom. The number of hydrogen-bond acceptors (Lipinski definition) is 6. The average molecular weight is 527 g/mol. The maximum atomic E-state index is 13.6. The van der Waals surface area contributed by atoms with Gasteiger partial charge in [-0.3, -0.25) is 9.69 Å². The van der Waals surface area contributed by atoms with Crippen LogP contribution in [0.5, 0.6) is 0 Å². The zero-order valence-electron chi connectivity index (χ0n) is 22.3. The van der Waals surface area contributed by atoms with Gasteiger partial charge in [0, 0.05) is 24.3 Å². The zero-order valence-corrected chi connectivity index (χ0v) is 22.3. The molecule has 0 spiro atoms. The number of carbonyl (C=O) groups excluding carboxylic acids is 2. The minimum Gasteiger partial charge on any atom is -0.460 e. The van der Waals surface area contributed by atoms with Gasteiger partial charge in [0.1, 0.15) is 11.2 Å². The van der Waals surface area contributed by atoms with Crippen LogP contribution in [-0.2, 0) is 20.4 Å². The predicted octanol–water partition coefficient (Wildman–Crippen LogP) is 5.26. The van der Waals surface area contributed by atoms with E-state index in [-0.39, 0.29) is 25.0 Å². The van der Waals surface area contributed by atoms with Crippen LogP contribution < -0.4 is 4.90 Å². The normalized spacial score (nSPS) is 19.6. The number of rotatable bonds is 4. The zero-order chi connectivity index (χ0) is 27.8. The number of alkyl halides is 3. The number of aliphatic hydroxyl groups is 1. The van der Waals surface area contributed by atoms with Crippen molar-refractivity contribution in [2.75, 3.05) is 31.1 Å². The maximum Gasteiger partial charge on any atom is 0.416 e. The van der Waals surface area contributed by atoms with Crippen LogP contribution in [0, 0.1) is 5.92 Å². The molecule has 1 N–H and O–H groups in total. The van der Waals surface area contributed by atoms with Crippen molar-refractivity contribution < 1.29 is 37.3 Å². The van der Waals surface area contributed by atoms with Gasteiger partial charge in [-0.25, -0.2) is 4.79 Å². The van der Waals surface area contributed by atoms with Gasteiger partial charge in [-0.05, 0) is 72.1 Å². The fourth-order valence-corrected chi connectivity index (χ4v) is 4.50. The molecule has 0 aromatic heterocycles. The van der Waals surface area contributed by atoms with E-state index in [0.29, 0.717) is 42.8 Å². The fourth-order valence-electron chi connectivity index (χ4n) is 4.50. The van der Waals surface area contributed by atoms with Crippen LogP contribution >= 0.6 is 0 Å². The highest BCUT2D eigenvalue weighted by atomic mass is 19.4. The number of anilines is 1. The lowest BCUT2D eigenvalue weighted by atomic mass is 9.94. The summed E-state index contributed by atoms with van der Waals surface area (Å²) in [5, 5.41) is 9.88. The van der Waals surface area contributed by atoms with Gasteiger partial charge >= 0.3 is 18.2 Å². The van der Waals surface area contributed by atoms with Crippen LogP contribution in [0.25, 0.3) is 5.57 Å². The van der Waals surface area contributed by atoms with Crippen molar-refractivity contribution in [3.05, 3.63) is 35.4 Å². The molecule has 1 saturated heterocycles. The Balaban J connectivity index is 1.88. The number of aliphatic hydroxyl groups excluding tert-OH is 1. The molecule has 1 atom stereocenters. The lowest BCUT2D eigenvalue weighted by Gasteiger charge is -2.35. The van der Waals surface area contributed by atoms with Crippen LogP contribution in [0.15, 0.2) is 24.3 Å². The molecule has 0 aliphatic carbocycles. The molecule has 0 saturated carbocycles. The monoisotopic (exact) mass is 526 g/mol. The molecule has 206 valence electrons. The molecule has 0 unspecified atom stereocenters. The molecule has 2 heterocycles. The summed E-state index contributed by atoms with van der Waals surface area (Å²) in [5.74, 6) is -0.620. The van der Waals surface area contributed by atoms with E-state index in [1.165, 1.54) is 11.0 Å². The summed E-state index contributed by atoms with van der Waals surface area (Å²) >= 11 is 0. The smallest absolute Gasteiger partial charge is 0.416 e. The maximum absolute atomic E-state index is 13.6. The van der Waals surface area contributed by atoms with Crippen LogP contribution in [-0.4, -0.2) is 65.6 Å². The Kier molecular flexibility index (Phi) is 8.22. The molecule has 1 amide bonds. The molecule has 1 aromatic carbocycles. The van der Waals surface area contributed by atoms with Crippen LogP contribution in [0.2, 0.25) is 0 Å². The van der Waals surface area contributed by atoms with E-state index in [1.54, 1.807) is 47.6 Å². The number of halogens is 3. The molecule has 3 rings (SSSR count). The summed E-state index contributed by atoms with van der Waals surface area (Å²) in [4.78, 5) is 28.5. The first kappa shape index (κ1) is 28.8. The van der Waals surface area contributed by atoms with Gasteiger partial charge in [0.2, 0.25) is 0 Å². The number of piperidine rings is 1. The molecular weight excluding hydrogens is 489 g/mol. The Labute approximate surface area is 216 Å². The second kappa shape index (κ2) is 10.6. The largest absolute Gasteiger partial charge is 0.460 e. The molecule has 0 radical (unpaired) electrons. The van der Waals surface area contributed by atoms with Gasteiger partial charge in [0.15, 0.2) is 0 Å². The number of benzene rings is 1. The number of esters is 1. The standard InChI is InChI=1S/C27H37F3N2O5/c1-25(2,3)36-23(34)17-9-11-31(12-10-17)22-14-19(27(28,29)30)7-8-21(22)18-13-20(16-33)32(15-18)24(35)37-26(4,5)6/h7-8,13-14,17,20,33H,9-12,15-16H2,1-6H3/t20-/m1/s1. The van der Waals surface area contributed by atoms with Crippen LogP contribution in [0.1, 0.15) is 65.5 Å². The molecule has 10 heteroatoms. The van der Waals surface area contributed by atoms with E-state index in [9.17, 15) is 27.9 Å². The number of hydrogen-bond donors (Lipinski definition) is 1. The van der Waals surface area contributed by atoms with Gasteiger partial charge in [0.25, 0.3) is 0 Å². The van der Waals surface area contributed by atoms with Crippen molar-refractivity contribution in [2.45, 2.75) is 77.8 Å². The Bertz CT molecular complexity index is 1030. The molecular formula is C27H37F3N2O5. The molecule has 0 bridgehead atoms. The Morgan fingerprint density at radius 3 is 2.11 bits per heavy atom. The summed E-state index contributed by atoms with van der Waals surface area (Å²) in [6.45, 7) is 11.1. The predicted molar refractivity (Wildman–Crippen MR) is 134 cm³/mol. The Hall–Kier alpha value is -2.75. The summed E-state index contributed by atoms with van der Waals surface area (Å²) in [6, 6.07) is 2.90. The first-order valence-electron chi connectivity index (χ1n) is 12.5. The highest BCUT2D eigenvalue weighted by molar-refractivity contribution is 5.84. The quantitative estimate of drug-likeness (QED) is 0.540. The summed E-state index contributed by atoms with van der Waals surface area (Å²) in [7, 11) is 0. The van der Waals surface area contributed by atoms with Gasteiger partial charge in [-0.15, -0.1) is 0 Å². The van der Waals surface area contributed by atoms with Gasteiger partial charge < -0.3 is 19.5 Å². The fraction of sp³-hybridized carbons (Fsp3) is 0.630. The number of nitrogens with zero attached hydrogens (tertiary/aromatic N) is 2. The van der Waals surface area contributed by atoms with Crippen molar-refractivity contribution in [2.24, 2.45) is 5.92 Å². The highest BCUT2D eigenvalue weighted by Crippen LogP contribution is 2.39. The van der Waals surface area contributed by atoms with Gasteiger partial charge in [-0.1, -0.05) is 12.1 Å². The summed E-state index contributed by atoms with van der Waals surface area (Å²) in [5.41, 5.74) is -0.567. The van der Waals surface area contributed by atoms with E-state index >= 15 is 0 Å².